The maximum absolute atomic E-state index is 13.6. The maximum atomic E-state index is 13.6. The molecule has 2 heterocycles. The lowest BCUT2D eigenvalue weighted by atomic mass is 10.1. The zero-order valence-electron chi connectivity index (χ0n) is 18.0. The van der Waals surface area contributed by atoms with Gasteiger partial charge in [0.05, 0.1) is 24.4 Å². The number of methoxy groups -OCH3 is 2. The highest BCUT2D eigenvalue weighted by Crippen LogP contribution is 2.40. The fourth-order valence-electron chi connectivity index (χ4n) is 3.34. The van der Waals surface area contributed by atoms with E-state index in [0.717, 1.165) is 23.2 Å². The molecule has 8 nitrogen and oxygen atoms in total. The predicted octanol–water partition coefficient (Wildman–Crippen LogP) is 3.64. The van der Waals surface area contributed by atoms with E-state index in [1.54, 1.807) is 37.3 Å². The van der Waals surface area contributed by atoms with Crippen LogP contribution in [0.25, 0.3) is 10.2 Å². The van der Waals surface area contributed by atoms with E-state index in [1.807, 2.05) is 26.2 Å². The summed E-state index contributed by atoms with van der Waals surface area (Å²) in [4.78, 5) is 22.1. The highest BCUT2D eigenvalue weighted by atomic mass is 32.1. The molecule has 1 aliphatic heterocycles. The molecule has 1 aromatic heterocycles. The number of carbonyl (C=O) groups excluding carboxylic acids is 1. The minimum Gasteiger partial charge on any atom is -0.497 e. The van der Waals surface area contributed by atoms with Gasteiger partial charge in [-0.15, -0.1) is 0 Å². The molecule has 1 amide bonds. The van der Waals surface area contributed by atoms with E-state index >= 15 is 0 Å². The summed E-state index contributed by atoms with van der Waals surface area (Å²) in [5.74, 6) is 2.34. The van der Waals surface area contributed by atoms with Gasteiger partial charge in [0.25, 0.3) is 5.91 Å². The van der Waals surface area contributed by atoms with Gasteiger partial charge in [-0.25, -0.2) is 4.98 Å². The first-order chi connectivity index (χ1) is 15.0. The molecule has 0 saturated heterocycles. The van der Waals surface area contributed by atoms with Crippen LogP contribution in [0.1, 0.15) is 16.8 Å². The quantitative estimate of drug-likeness (QED) is 0.526. The number of thiazole rings is 1. The Labute approximate surface area is 184 Å². The fraction of sp³-hybridized carbons (Fsp3) is 0.364. The minimum absolute atomic E-state index is 0.157. The van der Waals surface area contributed by atoms with E-state index in [9.17, 15) is 4.79 Å². The number of benzene rings is 2. The third-order valence-electron chi connectivity index (χ3n) is 4.93. The van der Waals surface area contributed by atoms with Gasteiger partial charge in [0.1, 0.15) is 11.5 Å². The van der Waals surface area contributed by atoms with Crippen LogP contribution in [-0.4, -0.2) is 64.0 Å². The molecule has 0 aliphatic carbocycles. The van der Waals surface area contributed by atoms with Crippen molar-refractivity contribution in [3.05, 3.63) is 35.9 Å². The third kappa shape index (κ3) is 4.52. The number of rotatable bonds is 8. The van der Waals surface area contributed by atoms with Gasteiger partial charge in [-0.2, -0.15) is 0 Å². The molecule has 0 bridgehead atoms. The SMILES string of the molecule is COc1cc(OC)cc(C(=O)N(CCCN(C)C)c2nc3cc4c(cc3s2)OCO4)c1. The smallest absolute Gasteiger partial charge is 0.260 e. The summed E-state index contributed by atoms with van der Waals surface area (Å²) < 4.78 is 22.6. The molecular weight excluding hydrogens is 418 g/mol. The largest absolute Gasteiger partial charge is 0.497 e. The Balaban J connectivity index is 1.70. The molecule has 0 spiro atoms. The Morgan fingerprint density at radius 2 is 1.71 bits per heavy atom. The van der Waals surface area contributed by atoms with Crippen molar-refractivity contribution in [2.45, 2.75) is 6.42 Å². The standard InChI is InChI=1S/C22H25N3O5S/c1-24(2)6-5-7-25(21(26)14-8-15(27-3)10-16(9-14)28-4)22-23-17-11-18-19(30-13-29-18)12-20(17)31-22/h8-12H,5-7,13H2,1-4H3. The topological polar surface area (TPSA) is 73.4 Å². The number of nitrogens with zero attached hydrogens (tertiary/aromatic N) is 3. The van der Waals surface area contributed by atoms with Crippen molar-refractivity contribution < 1.29 is 23.7 Å². The fourth-order valence-corrected chi connectivity index (χ4v) is 4.34. The van der Waals surface area contributed by atoms with Crippen molar-refractivity contribution in [1.29, 1.82) is 0 Å². The zero-order valence-corrected chi connectivity index (χ0v) is 18.8. The van der Waals surface area contributed by atoms with E-state index < -0.39 is 0 Å². The number of amides is 1. The summed E-state index contributed by atoms with van der Waals surface area (Å²) >= 11 is 1.46. The zero-order chi connectivity index (χ0) is 22.0. The average molecular weight is 444 g/mol. The monoisotopic (exact) mass is 443 g/mol. The molecule has 3 aromatic rings. The van der Waals surface area contributed by atoms with Crippen LogP contribution < -0.4 is 23.8 Å². The number of hydrogen-bond acceptors (Lipinski definition) is 8. The van der Waals surface area contributed by atoms with Gasteiger partial charge in [0, 0.05) is 30.3 Å². The Kier molecular flexibility index (Phi) is 6.15. The Hall–Kier alpha value is -3.04. The molecule has 0 radical (unpaired) electrons. The normalized spacial score (nSPS) is 12.4. The summed E-state index contributed by atoms with van der Waals surface area (Å²) in [7, 11) is 7.15. The first-order valence-electron chi connectivity index (χ1n) is 9.88. The molecule has 164 valence electrons. The van der Waals surface area contributed by atoms with Crippen molar-refractivity contribution in [2.24, 2.45) is 0 Å². The first kappa shape index (κ1) is 21.2. The first-order valence-corrected chi connectivity index (χ1v) is 10.7. The molecule has 9 heteroatoms. The van der Waals surface area contributed by atoms with Crippen molar-refractivity contribution >= 4 is 32.6 Å². The van der Waals surface area contributed by atoms with Crippen molar-refractivity contribution in [2.75, 3.05) is 53.1 Å². The number of carbonyl (C=O) groups is 1. The van der Waals surface area contributed by atoms with Gasteiger partial charge in [-0.1, -0.05) is 11.3 Å². The van der Waals surface area contributed by atoms with E-state index in [4.69, 9.17) is 23.9 Å². The van der Waals surface area contributed by atoms with Crippen LogP contribution in [0.15, 0.2) is 30.3 Å². The van der Waals surface area contributed by atoms with Gasteiger partial charge < -0.3 is 23.8 Å². The van der Waals surface area contributed by atoms with Crippen LogP contribution in [0.2, 0.25) is 0 Å². The lowest BCUT2D eigenvalue weighted by Gasteiger charge is -2.21. The minimum atomic E-state index is -0.157. The van der Waals surface area contributed by atoms with E-state index in [1.165, 1.54) is 11.3 Å². The summed E-state index contributed by atoms with van der Waals surface area (Å²) in [5, 5.41) is 0.629. The molecule has 0 saturated carbocycles. The Bertz CT molecular complexity index is 1030. The molecule has 1 aliphatic rings. The van der Waals surface area contributed by atoms with E-state index in [2.05, 4.69) is 4.90 Å². The number of hydrogen-bond donors (Lipinski definition) is 0. The number of anilines is 1. The highest BCUT2D eigenvalue weighted by Gasteiger charge is 2.24. The van der Waals surface area contributed by atoms with Gasteiger partial charge in [0.15, 0.2) is 16.6 Å². The van der Waals surface area contributed by atoms with Crippen LogP contribution in [0, 0.1) is 0 Å². The van der Waals surface area contributed by atoms with E-state index in [0.29, 0.717) is 40.2 Å². The van der Waals surface area contributed by atoms with Crippen LogP contribution in [0.5, 0.6) is 23.0 Å². The van der Waals surface area contributed by atoms with Crippen LogP contribution in [0.3, 0.4) is 0 Å². The Morgan fingerprint density at radius 3 is 2.35 bits per heavy atom. The Morgan fingerprint density at radius 1 is 1.03 bits per heavy atom. The van der Waals surface area contributed by atoms with E-state index in [-0.39, 0.29) is 12.7 Å². The molecule has 0 atom stereocenters. The number of ether oxygens (including phenoxy) is 4. The molecule has 2 aromatic carbocycles. The summed E-state index contributed by atoms with van der Waals surface area (Å²) in [6.07, 6.45) is 0.804. The molecule has 4 rings (SSSR count). The van der Waals surface area contributed by atoms with Crippen LogP contribution in [0.4, 0.5) is 5.13 Å². The summed E-state index contributed by atoms with van der Waals surface area (Å²) in [6.45, 7) is 1.60. The lowest BCUT2D eigenvalue weighted by Crippen LogP contribution is -2.33. The average Bonchev–Trinajstić information content (AvgIpc) is 3.39. The number of fused-ring (bicyclic) bond motifs is 2. The second kappa shape index (κ2) is 8.99. The van der Waals surface area contributed by atoms with Crippen molar-refractivity contribution in [3.8, 4) is 23.0 Å². The van der Waals surface area contributed by atoms with Gasteiger partial charge >= 0.3 is 0 Å². The molecule has 0 N–H and O–H groups in total. The lowest BCUT2D eigenvalue weighted by molar-refractivity contribution is 0.0985. The van der Waals surface area contributed by atoms with Gasteiger partial charge in [-0.05, 0) is 39.2 Å². The van der Waals surface area contributed by atoms with Crippen molar-refractivity contribution in [1.82, 2.24) is 9.88 Å². The van der Waals surface area contributed by atoms with Crippen LogP contribution in [-0.2, 0) is 0 Å². The molecule has 0 unspecified atom stereocenters. The number of aromatic nitrogens is 1. The van der Waals surface area contributed by atoms with Crippen molar-refractivity contribution in [3.63, 3.8) is 0 Å². The second-order valence-corrected chi connectivity index (χ2v) is 8.39. The summed E-state index contributed by atoms with van der Waals surface area (Å²) in [6, 6.07) is 8.94. The second-order valence-electron chi connectivity index (χ2n) is 7.38. The van der Waals surface area contributed by atoms with Crippen LogP contribution >= 0.6 is 11.3 Å². The molecule has 0 fully saturated rings. The third-order valence-corrected chi connectivity index (χ3v) is 5.97. The molecular formula is C22H25N3O5S. The molecule has 31 heavy (non-hydrogen) atoms. The van der Waals surface area contributed by atoms with Gasteiger partial charge in [0.2, 0.25) is 6.79 Å². The highest BCUT2D eigenvalue weighted by molar-refractivity contribution is 7.22. The van der Waals surface area contributed by atoms with Gasteiger partial charge in [-0.3, -0.25) is 9.69 Å². The summed E-state index contributed by atoms with van der Waals surface area (Å²) in [5.41, 5.74) is 1.26. The maximum Gasteiger partial charge on any atom is 0.260 e. The predicted molar refractivity (Wildman–Crippen MR) is 120 cm³/mol.